The second-order valence-corrected chi connectivity index (χ2v) is 5.45. The van der Waals surface area contributed by atoms with Crippen LogP contribution >= 0.6 is 11.8 Å². The average Bonchev–Trinajstić information content (AvgIpc) is 2.91. The molecule has 0 aliphatic carbocycles. The third-order valence-corrected chi connectivity index (χ3v) is 3.50. The summed E-state index contributed by atoms with van der Waals surface area (Å²) < 4.78 is 37.7. The zero-order valence-corrected chi connectivity index (χ0v) is 11.6. The molecule has 0 saturated heterocycles. The number of hydrogen-bond donors (Lipinski definition) is 2. The summed E-state index contributed by atoms with van der Waals surface area (Å²) >= 11 is 1.12. The van der Waals surface area contributed by atoms with Gasteiger partial charge in [0.25, 0.3) is 0 Å². The summed E-state index contributed by atoms with van der Waals surface area (Å²) in [4.78, 5) is 15.8. The lowest BCUT2D eigenvalue weighted by Gasteiger charge is -2.12. The van der Waals surface area contributed by atoms with Crippen molar-refractivity contribution in [3.8, 4) is 0 Å². The average molecular weight is 316 g/mol. The number of thioether (sulfide) groups is 1. The number of benzene rings is 1. The number of nitrogens with zero attached hydrogens (tertiary/aromatic N) is 2. The SMILES string of the molecule is C[C@H](Sc1ncn[nH]1)C(=O)Nc1cccc(C(F)(F)F)c1. The van der Waals surface area contributed by atoms with Crippen molar-refractivity contribution in [1.82, 2.24) is 15.2 Å². The van der Waals surface area contributed by atoms with Crippen molar-refractivity contribution in [1.29, 1.82) is 0 Å². The maximum absolute atomic E-state index is 12.6. The third kappa shape index (κ3) is 4.22. The Bertz CT molecular complexity index is 615. The molecule has 1 aromatic carbocycles. The van der Waals surface area contributed by atoms with Gasteiger partial charge in [0.05, 0.1) is 10.8 Å². The number of carbonyl (C=O) groups excluding carboxylic acids is 1. The molecule has 9 heteroatoms. The number of alkyl halides is 3. The van der Waals surface area contributed by atoms with Gasteiger partial charge in [0, 0.05) is 5.69 Å². The van der Waals surface area contributed by atoms with Crippen molar-refractivity contribution in [2.24, 2.45) is 0 Å². The normalized spacial score (nSPS) is 13.0. The third-order valence-electron chi connectivity index (χ3n) is 2.51. The predicted molar refractivity (Wildman–Crippen MR) is 71.8 cm³/mol. The van der Waals surface area contributed by atoms with E-state index in [9.17, 15) is 18.0 Å². The number of H-pyrrole nitrogens is 1. The Morgan fingerprint density at radius 3 is 2.81 bits per heavy atom. The Balaban J connectivity index is 2.02. The smallest absolute Gasteiger partial charge is 0.325 e. The van der Waals surface area contributed by atoms with E-state index in [2.05, 4.69) is 20.5 Å². The minimum atomic E-state index is -4.44. The maximum Gasteiger partial charge on any atom is 0.416 e. The first kappa shape index (κ1) is 15.4. The van der Waals surface area contributed by atoms with Crippen LogP contribution in [0.5, 0.6) is 0 Å². The number of amides is 1. The van der Waals surface area contributed by atoms with Gasteiger partial charge in [0.1, 0.15) is 6.33 Å². The largest absolute Gasteiger partial charge is 0.416 e. The van der Waals surface area contributed by atoms with Crippen LogP contribution in [0.15, 0.2) is 35.7 Å². The number of nitrogens with one attached hydrogen (secondary N) is 2. The fourth-order valence-corrected chi connectivity index (χ4v) is 2.20. The van der Waals surface area contributed by atoms with Gasteiger partial charge in [-0.1, -0.05) is 17.8 Å². The number of halogens is 3. The van der Waals surface area contributed by atoms with Gasteiger partial charge in [-0.15, -0.1) is 0 Å². The van der Waals surface area contributed by atoms with Crippen LogP contribution in [0.3, 0.4) is 0 Å². The molecule has 2 rings (SSSR count). The quantitative estimate of drug-likeness (QED) is 0.851. The minimum absolute atomic E-state index is 0.0971. The molecule has 0 aliphatic heterocycles. The molecule has 1 heterocycles. The molecule has 0 spiro atoms. The van der Waals surface area contributed by atoms with Gasteiger partial charge < -0.3 is 5.32 Å². The van der Waals surface area contributed by atoms with Gasteiger partial charge in [-0.05, 0) is 25.1 Å². The maximum atomic E-state index is 12.6. The number of aromatic amines is 1. The second-order valence-electron chi connectivity index (χ2n) is 4.12. The molecule has 2 N–H and O–H groups in total. The number of carbonyl (C=O) groups is 1. The molecule has 0 aliphatic rings. The van der Waals surface area contributed by atoms with Gasteiger partial charge in [-0.3, -0.25) is 9.89 Å². The fraction of sp³-hybridized carbons (Fsp3) is 0.250. The lowest BCUT2D eigenvalue weighted by molar-refractivity contribution is -0.137. The lowest BCUT2D eigenvalue weighted by Crippen LogP contribution is -2.22. The summed E-state index contributed by atoms with van der Waals surface area (Å²) in [7, 11) is 0. The summed E-state index contributed by atoms with van der Waals surface area (Å²) in [5, 5.41) is 8.60. The molecule has 0 radical (unpaired) electrons. The first-order chi connectivity index (χ1) is 9.86. The van der Waals surface area contributed by atoms with Crippen LogP contribution < -0.4 is 5.32 Å². The van der Waals surface area contributed by atoms with Gasteiger partial charge >= 0.3 is 6.18 Å². The fourth-order valence-electron chi connectivity index (χ4n) is 1.49. The lowest BCUT2D eigenvalue weighted by atomic mass is 10.2. The molecule has 5 nitrogen and oxygen atoms in total. The molecule has 2 aromatic rings. The van der Waals surface area contributed by atoms with E-state index in [1.165, 1.54) is 18.5 Å². The minimum Gasteiger partial charge on any atom is -0.325 e. The summed E-state index contributed by atoms with van der Waals surface area (Å²) in [6.45, 7) is 1.62. The van der Waals surface area contributed by atoms with Crippen LogP contribution in [-0.2, 0) is 11.0 Å². The van der Waals surface area contributed by atoms with Crippen LogP contribution in [0.4, 0.5) is 18.9 Å². The highest BCUT2D eigenvalue weighted by Gasteiger charge is 2.30. The van der Waals surface area contributed by atoms with Crippen LogP contribution in [0, 0.1) is 0 Å². The highest BCUT2D eigenvalue weighted by molar-refractivity contribution is 8.00. The van der Waals surface area contributed by atoms with E-state index in [0.29, 0.717) is 5.16 Å². The summed E-state index contributed by atoms with van der Waals surface area (Å²) in [6, 6.07) is 4.48. The topological polar surface area (TPSA) is 70.7 Å². The van der Waals surface area contributed by atoms with Crippen molar-refractivity contribution in [3.05, 3.63) is 36.2 Å². The van der Waals surface area contributed by atoms with E-state index in [4.69, 9.17) is 0 Å². The molecular weight excluding hydrogens is 305 g/mol. The van der Waals surface area contributed by atoms with Crippen LogP contribution in [0.2, 0.25) is 0 Å². The zero-order chi connectivity index (χ0) is 15.5. The highest BCUT2D eigenvalue weighted by atomic mass is 32.2. The van der Waals surface area contributed by atoms with Crippen LogP contribution in [0.25, 0.3) is 0 Å². The van der Waals surface area contributed by atoms with Crippen LogP contribution in [0.1, 0.15) is 12.5 Å². The Morgan fingerprint density at radius 2 is 2.19 bits per heavy atom. The number of hydrogen-bond acceptors (Lipinski definition) is 4. The summed E-state index contributed by atoms with van der Waals surface area (Å²) in [5.41, 5.74) is -0.712. The summed E-state index contributed by atoms with van der Waals surface area (Å²) in [6.07, 6.45) is -3.14. The van der Waals surface area contributed by atoms with Gasteiger partial charge in [0.2, 0.25) is 5.91 Å². The molecule has 112 valence electrons. The Labute approximate surface area is 122 Å². The molecule has 0 fully saturated rings. The molecule has 0 bridgehead atoms. The van der Waals surface area contributed by atoms with Gasteiger partial charge in [-0.2, -0.15) is 18.3 Å². The standard InChI is InChI=1S/C12H11F3N4OS/c1-7(21-11-16-6-17-19-11)10(20)18-9-4-2-3-8(5-9)12(13,14)15/h2-7H,1H3,(H,18,20)(H,16,17,19)/t7-/m0/s1. The molecule has 1 atom stereocenters. The predicted octanol–water partition coefficient (Wildman–Crippen LogP) is 2.94. The van der Waals surface area contributed by atoms with E-state index >= 15 is 0 Å². The first-order valence-electron chi connectivity index (χ1n) is 5.86. The molecular formula is C12H11F3N4OS. The molecule has 0 unspecified atom stereocenters. The van der Waals surface area contributed by atoms with Gasteiger partial charge in [0.15, 0.2) is 5.16 Å². The molecule has 0 saturated carbocycles. The first-order valence-corrected chi connectivity index (χ1v) is 6.74. The highest BCUT2D eigenvalue weighted by Crippen LogP contribution is 2.30. The van der Waals surface area contributed by atoms with Crippen molar-refractivity contribution in [2.45, 2.75) is 23.5 Å². The second kappa shape index (κ2) is 6.17. The van der Waals surface area contributed by atoms with E-state index in [1.54, 1.807) is 6.92 Å². The Hall–Kier alpha value is -2.03. The number of rotatable bonds is 4. The van der Waals surface area contributed by atoms with Crippen molar-refractivity contribution in [2.75, 3.05) is 5.32 Å². The van der Waals surface area contributed by atoms with Crippen LogP contribution in [-0.4, -0.2) is 26.3 Å². The molecule has 21 heavy (non-hydrogen) atoms. The van der Waals surface area contributed by atoms with E-state index in [-0.39, 0.29) is 5.69 Å². The Kier molecular flexibility index (Phi) is 4.51. The Morgan fingerprint density at radius 1 is 1.43 bits per heavy atom. The number of aromatic nitrogens is 3. The molecule has 1 aromatic heterocycles. The van der Waals surface area contributed by atoms with Crippen molar-refractivity contribution in [3.63, 3.8) is 0 Å². The summed E-state index contributed by atoms with van der Waals surface area (Å²) in [5.74, 6) is -0.421. The molecule has 1 amide bonds. The van der Waals surface area contributed by atoms with E-state index in [1.807, 2.05) is 0 Å². The van der Waals surface area contributed by atoms with Gasteiger partial charge in [-0.25, -0.2) is 4.98 Å². The van der Waals surface area contributed by atoms with Crippen molar-refractivity contribution >= 4 is 23.4 Å². The van der Waals surface area contributed by atoms with E-state index < -0.39 is 22.9 Å². The van der Waals surface area contributed by atoms with Crippen molar-refractivity contribution < 1.29 is 18.0 Å². The monoisotopic (exact) mass is 316 g/mol. The zero-order valence-electron chi connectivity index (χ0n) is 10.8. The number of anilines is 1. The van der Waals surface area contributed by atoms with E-state index in [0.717, 1.165) is 23.9 Å².